The average molecular weight is 696 g/mol. The largest absolute Gasteiger partial charge is 0.481 e. The quantitative estimate of drug-likeness (QED) is 0.166. The molecule has 1 amide bonds. The lowest BCUT2D eigenvalue weighted by atomic mass is 9.32. The van der Waals surface area contributed by atoms with E-state index in [0.29, 0.717) is 41.9 Å². The molecule has 50 heavy (non-hydrogen) atoms. The Balaban J connectivity index is 1.39. The van der Waals surface area contributed by atoms with E-state index in [0.717, 1.165) is 44.9 Å². The number of carbonyl (C=O) groups is 3. The van der Waals surface area contributed by atoms with Gasteiger partial charge in [0.05, 0.1) is 11.8 Å². The fraction of sp³-hybridized carbons (Fsp3) is 0.886. The van der Waals surface area contributed by atoms with E-state index < -0.39 is 11.4 Å². The molecule has 0 aromatic carbocycles. The van der Waals surface area contributed by atoms with Crippen LogP contribution in [0.2, 0.25) is 0 Å². The molecule has 284 valence electrons. The van der Waals surface area contributed by atoms with E-state index in [9.17, 15) is 19.5 Å². The van der Waals surface area contributed by atoms with Crippen LogP contribution in [0.3, 0.4) is 0 Å². The Labute approximate surface area is 305 Å². The number of rotatable bonds is 11. The van der Waals surface area contributed by atoms with E-state index in [4.69, 9.17) is 4.74 Å². The van der Waals surface area contributed by atoms with Gasteiger partial charge in [0, 0.05) is 17.9 Å². The predicted octanol–water partition coefficient (Wildman–Crippen LogP) is 10.4. The van der Waals surface area contributed by atoms with Gasteiger partial charge in [-0.05, 0) is 155 Å². The van der Waals surface area contributed by atoms with Gasteiger partial charge in [-0.15, -0.1) is 0 Å². The maximum Gasteiger partial charge on any atom is 0.309 e. The van der Waals surface area contributed by atoms with Crippen molar-refractivity contribution in [3.05, 3.63) is 12.2 Å². The van der Waals surface area contributed by atoms with Crippen LogP contribution in [0.1, 0.15) is 166 Å². The maximum absolute atomic E-state index is 13.9. The standard InChI is InChI=1S/C44H73NO5/c1-13-29(24-27(2)3)45-35(46)25-44-21-16-30(28(4)5)37(44)31-14-15-33-41(10)19-18-34(50-36(47)26-39(6,7)38(48)49)40(8,9)32(41)17-20-43(33,12)42(31,11)22-23-44/h27,29-34,37H,4,13-26H2,1-3,5-12H3,(H,45,46)(H,48,49)/t29?,30-,31+,32-,33+,34-,37+,41-,42+,43+,44+/m0/s1. The Bertz CT molecular complexity index is 1330. The molecule has 0 radical (unpaired) electrons. The van der Waals surface area contributed by atoms with Crippen LogP contribution >= 0.6 is 0 Å². The van der Waals surface area contributed by atoms with Gasteiger partial charge in [0.1, 0.15) is 6.10 Å². The van der Waals surface area contributed by atoms with Gasteiger partial charge in [-0.1, -0.05) is 67.5 Å². The predicted molar refractivity (Wildman–Crippen MR) is 201 cm³/mol. The Kier molecular flexibility index (Phi) is 10.7. The number of carbonyl (C=O) groups excluding carboxylic acids is 2. The highest BCUT2D eigenvalue weighted by Gasteiger charge is 2.71. The van der Waals surface area contributed by atoms with Crippen LogP contribution in [-0.4, -0.2) is 35.1 Å². The van der Waals surface area contributed by atoms with Gasteiger partial charge in [0.2, 0.25) is 5.91 Å². The molecule has 0 spiro atoms. The second-order valence-corrected chi connectivity index (χ2v) is 20.7. The van der Waals surface area contributed by atoms with Crippen molar-refractivity contribution in [3.8, 4) is 0 Å². The third kappa shape index (κ3) is 6.41. The van der Waals surface area contributed by atoms with E-state index in [1.807, 2.05) is 0 Å². The minimum absolute atomic E-state index is 0.0669. The van der Waals surface area contributed by atoms with Gasteiger partial charge in [0.25, 0.3) is 0 Å². The van der Waals surface area contributed by atoms with Crippen molar-refractivity contribution in [2.75, 3.05) is 0 Å². The number of hydrogen-bond acceptors (Lipinski definition) is 4. The molecule has 1 unspecified atom stereocenters. The van der Waals surface area contributed by atoms with Crippen molar-refractivity contribution >= 4 is 17.8 Å². The first kappa shape index (κ1) is 39.4. The number of hydrogen-bond donors (Lipinski definition) is 2. The molecule has 0 aromatic heterocycles. The lowest BCUT2D eigenvalue weighted by molar-refractivity contribution is -0.250. The van der Waals surface area contributed by atoms with Gasteiger partial charge in [-0.2, -0.15) is 0 Å². The molecule has 6 nitrogen and oxygen atoms in total. The minimum atomic E-state index is -1.14. The van der Waals surface area contributed by atoms with Crippen molar-refractivity contribution in [2.45, 2.75) is 178 Å². The molecule has 0 aliphatic heterocycles. The van der Waals surface area contributed by atoms with Crippen molar-refractivity contribution in [3.63, 3.8) is 0 Å². The smallest absolute Gasteiger partial charge is 0.309 e. The van der Waals surface area contributed by atoms with E-state index in [-0.39, 0.29) is 57.5 Å². The summed E-state index contributed by atoms with van der Waals surface area (Å²) in [5.41, 5.74) is 0.610. The average Bonchev–Trinajstić information content (AvgIpc) is 3.37. The molecule has 0 bridgehead atoms. The summed E-state index contributed by atoms with van der Waals surface area (Å²) in [4.78, 5) is 38.7. The molecule has 5 rings (SSSR count). The van der Waals surface area contributed by atoms with Crippen LogP contribution in [-0.2, 0) is 19.1 Å². The number of amides is 1. The van der Waals surface area contributed by atoms with E-state index >= 15 is 0 Å². The molecule has 5 aliphatic rings. The highest BCUT2D eigenvalue weighted by Crippen LogP contribution is 2.78. The van der Waals surface area contributed by atoms with Crippen molar-refractivity contribution in [1.29, 1.82) is 0 Å². The third-order valence-electron chi connectivity index (χ3n) is 16.7. The molecule has 2 N–H and O–H groups in total. The van der Waals surface area contributed by atoms with Gasteiger partial charge >= 0.3 is 11.9 Å². The highest BCUT2D eigenvalue weighted by atomic mass is 16.5. The van der Waals surface area contributed by atoms with Crippen LogP contribution < -0.4 is 5.32 Å². The summed E-state index contributed by atoms with van der Waals surface area (Å²) < 4.78 is 6.18. The van der Waals surface area contributed by atoms with Gasteiger partial charge < -0.3 is 15.2 Å². The molecule has 0 aromatic rings. The van der Waals surface area contributed by atoms with Crippen LogP contribution in [0.15, 0.2) is 12.2 Å². The van der Waals surface area contributed by atoms with Crippen LogP contribution in [0.5, 0.6) is 0 Å². The topological polar surface area (TPSA) is 92.7 Å². The number of esters is 1. The van der Waals surface area contributed by atoms with Gasteiger partial charge in [-0.25, -0.2) is 0 Å². The molecule has 5 aliphatic carbocycles. The number of allylic oxidation sites excluding steroid dienone is 1. The third-order valence-corrected chi connectivity index (χ3v) is 16.7. The zero-order valence-corrected chi connectivity index (χ0v) is 33.8. The Morgan fingerprint density at radius 1 is 0.900 bits per heavy atom. The fourth-order valence-electron chi connectivity index (χ4n) is 13.9. The molecular formula is C44H73NO5. The number of carboxylic acids is 1. The zero-order chi connectivity index (χ0) is 37.2. The molecule has 11 atom stereocenters. The second-order valence-electron chi connectivity index (χ2n) is 20.7. The van der Waals surface area contributed by atoms with Crippen LogP contribution in [0.25, 0.3) is 0 Å². The Morgan fingerprint density at radius 2 is 1.58 bits per heavy atom. The van der Waals surface area contributed by atoms with E-state index in [1.54, 1.807) is 13.8 Å². The molecule has 5 saturated carbocycles. The number of fused-ring (bicyclic) bond motifs is 7. The Morgan fingerprint density at radius 3 is 2.18 bits per heavy atom. The highest BCUT2D eigenvalue weighted by molar-refractivity contribution is 5.81. The molecule has 0 saturated heterocycles. The first-order chi connectivity index (χ1) is 23.1. The molecule has 0 heterocycles. The summed E-state index contributed by atoms with van der Waals surface area (Å²) in [5, 5.41) is 13.1. The van der Waals surface area contributed by atoms with Crippen LogP contribution in [0, 0.1) is 68.0 Å². The van der Waals surface area contributed by atoms with Crippen molar-refractivity contribution in [1.82, 2.24) is 5.32 Å². The summed E-state index contributed by atoms with van der Waals surface area (Å²) in [6, 6.07) is 0.259. The lowest BCUT2D eigenvalue weighted by Gasteiger charge is -2.73. The first-order valence-corrected chi connectivity index (χ1v) is 20.5. The summed E-state index contributed by atoms with van der Waals surface area (Å²) >= 11 is 0. The number of ether oxygens (including phenoxy) is 1. The van der Waals surface area contributed by atoms with Gasteiger partial charge in [-0.3, -0.25) is 14.4 Å². The SMILES string of the molecule is C=C(C)[C@@H]1CC[C@]2(CC(=O)NC(CC)CC(C)C)CC[C@]3(C)[C@H](CC[C@@H]4[C@@]5(C)CC[C@H](OC(=O)CC(C)(C)C(=O)O)C(C)(C)[C@@H]5CC[C@]43C)[C@@H]12. The normalized spacial score (nSPS) is 41.2. The van der Waals surface area contributed by atoms with Crippen molar-refractivity contribution in [2.24, 2.45) is 68.0 Å². The number of aliphatic carboxylic acids is 1. The zero-order valence-electron chi connectivity index (χ0n) is 33.8. The fourth-order valence-corrected chi connectivity index (χ4v) is 13.9. The number of nitrogens with one attached hydrogen (secondary N) is 1. The second kappa shape index (κ2) is 13.5. The first-order valence-electron chi connectivity index (χ1n) is 20.5. The van der Waals surface area contributed by atoms with E-state index in [2.05, 4.69) is 74.2 Å². The Hall–Kier alpha value is -1.85. The lowest BCUT2D eigenvalue weighted by Crippen LogP contribution is -2.67. The summed E-state index contributed by atoms with van der Waals surface area (Å²) in [5.74, 6) is 2.11. The van der Waals surface area contributed by atoms with Gasteiger partial charge in [0.15, 0.2) is 0 Å². The summed E-state index contributed by atoms with van der Waals surface area (Å²) in [6.07, 6.45) is 13.7. The molecular weight excluding hydrogens is 622 g/mol. The monoisotopic (exact) mass is 696 g/mol. The van der Waals surface area contributed by atoms with Crippen molar-refractivity contribution < 1.29 is 24.2 Å². The summed E-state index contributed by atoms with van der Waals surface area (Å²) in [7, 11) is 0. The van der Waals surface area contributed by atoms with E-state index in [1.165, 1.54) is 37.7 Å². The van der Waals surface area contributed by atoms with Crippen LogP contribution in [0.4, 0.5) is 0 Å². The number of carboxylic acid groups (broad SMARTS) is 1. The minimum Gasteiger partial charge on any atom is -0.481 e. The summed E-state index contributed by atoms with van der Waals surface area (Å²) in [6.45, 7) is 29.2. The maximum atomic E-state index is 13.9. The molecule has 6 heteroatoms. The molecule has 5 fully saturated rings.